The van der Waals surface area contributed by atoms with Gasteiger partial charge in [-0.1, -0.05) is 78.9 Å². The van der Waals surface area contributed by atoms with Crippen LogP contribution in [0.1, 0.15) is 0 Å². The SMILES string of the molecule is Cn1c2ccc(-c3ccccc3)cc2c2ccc3c(c4ccccc4n3-c3ccccc3)c21. The van der Waals surface area contributed by atoms with Crippen LogP contribution in [-0.4, -0.2) is 9.13 Å². The molecule has 156 valence electrons. The number of hydrogen-bond acceptors (Lipinski definition) is 0. The number of nitrogens with zero attached hydrogens (tertiary/aromatic N) is 2. The molecular weight excluding hydrogens is 400 g/mol. The number of hydrogen-bond donors (Lipinski definition) is 0. The number of aryl methyl sites for hydroxylation is 1. The van der Waals surface area contributed by atoms with E-state index >= 15 is 0 Å². The van der Waals surface area contributed by atoms with Gasteiger partial charge in [0.1, 0.15) is 0 Å². The Morgan fingerprint density at radius 2 is 1.18 bits per heavy atom. The van der Waals surface area contributed by atoms with Crippen molar-refractivity contribution >= 4 is 43.6 Å². The summed E-state index contributed by atoms with van der Waals surface area (Å²) in [6, 6.07) is 41.5. The van der Waals surface area contributed by atoms with Crippen molar-refractivity contribution in [3.63, 3.8) is 0 Å². The smallest absolute Gasteiger partial charge is 0.0590 e. The number of fused-ring (bicyclic) bond motifs is 7. The van der Waals surface area contributed by atoms with Gasteiger partial charge in [0.25, 0.3) is 0 Å². The third-order valence-corrected chi connectivity index (χ3v) is 6.92. The molecule has 2 heteroatoms. The summed E-state index contributed by atoms with van der Waals surface area (Å²) in [5, 5.41) is 5.20. The molecule has 2 nitrogen and oxygen atoms in total. The minimum Gasteiger partial charge on any atom is -0.343 e. The van der Waals surface area contributed by atoms with Gasteiger partial charge in [-0.05, 0) is 47.5 Å². The monoisotopic (exact) mass is 422 g/mol. The van der Waals surface area contributed by atoms with E-state index in [1.165, 1.54) is 60.4 Å². The van der Waals surface area contributed by atoms with Crippen molar-refractivity contribution in [2.24, 2.45) is 7.05 Å². The molecule has 0 N–H and O–H groups in total. The van der Waals surface area contributed by atoms with Crippen LogP contribution < -0.4 is 0 Å². The predicted octanol–water partition coefficient (Wildman–Crippen LogP) is 8.10. The van der Waals surface area contributed by atoms with E-state index in [0.717, 1.165) is 0 Å². The van der Waals surface area contributed by atoms with E-state index in [2.05, 4.69) is 131 Å². The molecule has 0 fully saturated rings. The highest BCUT2D eigenvalue weighted by Crippen LogP contribution is 2.40. The first kappa shape index (κ1) is 18.3. The molecule has 5 aromatic carbocycles. The van der Waals surface area contributed by atoms with Crippen LogP contribution in [0.4, 0.5) is 0 Å². The highest BCUT2D eigenvalue weighted by atomic mass is 15.0. The molecule has 0 unspecified atom stereocenters. The van der Waals surface area contributed by atoms with Crippen molar-refractivity contribution in [3.8, 4) is 16.8 Å². The molecule has 0 saturated carbocycles. The van der Waals surface area contributed by atoms with Crippen LogP contribution in [0.5, 0.6) is 0 Å². The summed E-state index contributed by atoms with van der Waals surface area (Å²) in [4.78, 5) is 0. The summed E-state index contributed by atoms with van der Waals surface area (Å²) in [6.07, 6.45) is 0. The lowest BCUT2D eigenvalue weighted by molar-refractivity contribution is 1.02. The summed E-state index contributed by atoms with van der Waals surface area (Å²) in [7, 11) is 2.20. The standard InChI is InChI=1S/C31H22N2/c1-32-27-18-16-22(21-10-4-2-5-11-21)20-26(27)24-17-19-29-30(31(24)32)25-14-8-9-15-28(25)33(29)23-12-6-3-7-13-23/h2-20H,1H3. The Morgan fingerprint density at radius 3 is 2.00 bits per heavy atom. The second-order valence-electron chi connectivity index (χ2n) is 8.70. The Bertz CT molecular complexity index is 1800. The molecule has 0 radical (unpaired) electrons. The Kier molecular flexibility index (Phi) is 3.80. The van der Waals surface area contributed by atoms with Crippen molar-refractivity contribution in [3.05, 3.63) is 115 Å². The molecule has 0 aliphatic heterocycles. The first-order chi connectivity index (χ1) is 16.3. The fraction of sp³-hybridized carbons (Fsp3) is 0.0323. The van der Waals surface area contributed by atoms with Gasteiger partial charge < -0.3 is 9.13 Å². The molecule has 0 bridgehead atoms. The minimum absolute atomic E-state index is 1.19. The van der Waals surface area contributed by atoms with Gasteiger partial charge in [-0.3, -0.25) is 0 Å². The van der Waals surface area contributed by atoms with Gasteiger partial charge in [-0.2, -0.15) is 0 Å². The second kappa shape index (κ2) is 6.85. The van der Waals surface area contributed by atoms with Crippen molar-refractivity contribution in [1.82, 2.24) is 9.13 Å². The van der Waals surface area contributed by atoms with Crippen LogP contribution in [0.2, 0.25) is 0 Å². The molecule has 0 aliphatic carbocycles. The molecule has 33 heavy (non-hydrogen) atoms. The molecular formula is C31H22N2. The Balaban J connectivity index is 1.63. The molecule has 0 atom stereocenters. The summed E-state index contributed by atoms with van der Waals surface area (Å²) in [6.45, 7) is 0. The Hall–Kier alpha value is -4.30. The van der Waals surface area contributed by atoms with Crippen molar-refractivity contribution in [1.29, 1.82) is 0 Å². The highest BCUT2D eigenvalue weighted by molar-refractivity contribution is 6.25. The third-order valence-electron chi connectivity index (χ3n) is 6.92. The topological polar surface area (TPSA) is 9.86 Å². The molecule has 0 aliphatic rings. The zero-order chi connectivity index (χ0) is 21.9. The maximum Gasteiger partial charge on any atom is 0.0590 e. The van der Waals surface area contributed by atoms with Gasteiger partial charge in [0.2, 0.25) is 0 Å². The molecule has 0 amide bonds. The van der Waals surface area contributed by atoms with Crippen LogP contribution in [0.25, 0.3) is 60.4 Å². The molecule has 7 aromatic rings. The maximum absolute atomic E-state index is 2.39. The molecule has 7 rings (SSSR count). The minimum atomic E-state index is 1.19. The predicted molar refractivity (Wildman–Crippen MR) is 140 cm³/mol. The number of benzene rings is 5. The summed E-state index contributed by atoms with van der Waals surface area (Å²) in [5.41, 5.74) is 8.71. The average Bonchev–Trinajstić information content (AvgIpc) is 3.37. The third kappa shape index (κ3) is 2.55. The Labute approximate surface area is 191 Å². The van der Waals surface area contributed by atoms with Crippen LogP contribution in [0.3, 0.4) is 0 Å². The van der Waals surface area contributed by atoms with Crippen LogP contribution in [-0.2, 0) is 7.05 Å². The maximum atomic E-state index is 2.39. The summed E-state index contributed by atoms with van der Waals surface area (Å²) < 4.78 is 4.75. The lowest BCUT2D eigenvalue weighted by Crippen LogP contribution is -1.93. The summed E-state index contributed by atoms with van der Waals surface area (Å²) in [5.74, 6) is 0. The zero-order valence-electron chi connectivity index (χ0n) is 18.4. The molecule has 0 saturated heterocycles. The van der Waals surface area contributed by atoms with Gasteiger partial charge in [0.05, 0.1) is 16.6 Å². The lowest BCUT2D eigenvalue weighted by Gasteiger charge is -2.07. The number of rotatable bonds is 2. The number of aromatic nitrogens is 2. The highest BCUT2D eigenvalue weighted by Gasteiger charge is 2.18. The van der Waals surface area contributed by atoms with Gasteiger partial charge >= 0.3 is 0 Å². The van der Waals surface area contributed by atoms with Crippen molar-refractivity contribution < 1.29 is 0 Å². The van der Waals surface area contributed by atoms with E-state index in [0.29, 0.717) is 0 Å². The fourth-order valence-electron chi connectivity index (χ4n) is 5.44. The van der Waals surface area contributed by atoms with Gasteiger partial charge in [-0.15, -0.1) is 0 Å². The normalized spacial score (nSPS) is 11.8. The zero-order valence-corrected chi connectivity index (χ0v) is 18.4. The first-order valence-electron chi connectivity index (χ1n) is 11.4. The molecule has 0 spiro atoms. The quantitative estimate of drug-likeness (QED) is 0.266. The van der Waals surface area contributed by atoms with E-state index in [4.69, 9.17) is 0 Å². The second-order valence-corrected chi connectivity index (χ2v) is 8.70. The largest absolute Gasteiger partial charge is 0.343 e. The van der Waals surface area contributed by atoms with E-state index in [1.54, 1.807) is 0 Å². The fourth-order valence-corrected chi connectivity index (χ4v) is 5.44. The number of para-hydroxylation sites is 2. The van der Waals surface area contributed by atoms with Crippen LogP contribution >= 0.6 is 0 Å². The summed E-state index contributed by atoms with van der Waals surface area (Å²) >= 11 is 0. The van der Waals surface area contributed by atoms with Gasteiger partial charge in [-0.25, -0.2) is 0 Å². The molecule has 2 aromatic heterocycles. The molecule has 2 heterocycles. The lowest BCUT2D eigenvalue weighted by atomic mass is 10.0. The van der Waals surface area contributed by atoms with Gasteiger partial charge in [0.15, 0.2) is 0 Å². The first-order valence-corrected chi connectivity index (χ1v) is 11.4. The van der Waals surface area contributed by atoms with Gasteiger partial charge in [0, 0.05) is 39.8 Å². The van der Waals surface area contributed by atoms with Crippen LogP contribution in [0, 0.1) is 0 Å². The Morgan fingerprint density at radius 1 is 0.485 bits per heavy atom. The van der Waals surface area contributed by atoms with Crippen molar-refractivity contribution in [2.75, 3.05) is 0 Å². The average molecular weight is 423 g/mol. The van der Waals surface area contributed by atoms with E-state index in [9.17, 15) is 0 Å². The van der Waals surface area contributed by atoms with E-state index in [1.807, 2.05) is 0 Å². The van der Waals surface area contributed by atoms with Crippen molar-refractivity contribution in [2.45, 2.75) is 0 Å². The van der Waals surface area contributed by atoms with E-state index in [-0.39, 0.29) is 0 Å². The van der Waals surface area contributed by atoms with Crippen LogP contribution in [0.15, 0.2) is 115 Å². The van der Waals surface area contributed by atoms with E-state index < -0.39 is 0 Å².